The van der Waals surface area contributed by atoms with Gasteiger partial charge in [0.05, 0.1) is 24.8 Å². The third-order valence-electron chi connectivity index (χ3n) is 4.96. The maximum Gasteiger partial charge on any atom is 0.264 e. The average Bonchev–Trinajstić information content (AvgIpc) is 2.82. The first-order valence-corrected chi connectivity index (χ1v) is 11.9. The van der Waals surface area contributed by atoms with E-state index in [1.54, 1.807) is 42.5 Å². The molecule has 3 aromatic rings. The number of halogens is 2. The Hall–Kier alpha value is -2.94. The van der Waals surface area contributed by atoms with Gasteiger partial charge in [-0.2, -0.15) is 0 Å². The summed E-state index contributed by atoms with van der Waals surface area (Å²) in [7, 11) is 0.474. The van der Waals surface area contributed by atoms with E-state index in [1.807, 2.05) is 0 Å². The average molecular weight is 509 g/mol. The first-order chi connectivity index (χ1) is 15.7. The second-order valence-corrected chi connectivity index (χ2v) is 9.77. The van der Waals surface area contributed by atoms with Gasteiger partial charge in [-0.15, -0.1) is 0 Å². The van der Waals surface area contributed by atoms with Crippen LogP contribution in [0.15, 0.2) is 65.6 Å². The van der Waals surface area contributed by atoms with E-state index in [1.165, 1.54) is 39.5 Å². The number of carbonyl (C=O) groups excluding carboxylic acids is 1. The van der Waals surface area contributed by atoms with Crippen molar-refractivity contribution in [2.45, 2.75) is 11.4 Å². The Morgan fingerprint density at radius 1 is 0.939 bits per heavy atom. The SMILES string of the molecule is COc1ccc(S(=O)(=O)N(C)c2ccc(C(=O)NCc3ccc(Cl)cc3Cl)cc2)cc1OC. The van der Waals surface area contributed by atoms with Crippen LogP contribution in [0.4, 0.5) is 5.69 Å². The fourth-order valence-electron chi connectivity index (χ4n) is 3.04. The lowest BCUT2D eigenvalue weighted by Gasteiger charge is -2.20. The molecule has 0 aliphatic heterocycles. The van der Waals surface area contributed by atoms with Crippen molar-refractivity contribution in [1.82, 2.24) is 5.32 Å². The van der Waals surface area contributed by atoms with Crippen molar-refractivity contribution in [3.05, 3.63) is 81.8 Å². The number of nitrogens with zero attached hydrogens (tertiary/aromatic N) is 1. The molecule has 0 atom stereocenters. The molecule has 0 heterocycles. The highest BCUT2D eigenvalue weighted by Gasteiger charge is 2.23. The predicted octanol–water partition coefficient (Wildman–Crippen LogP) is 4.77. The number of anilines is 1. The summed E-state index contributed by atoms with van der Waals surface area (Å²) in [5, 5.41) is 3.75. The van der Waals surface area contributed by atoms with Gasteiger partial charge in [0.1, 0.15) is 0 Å². The Morgan fingerprint density at radius 3 is 2.21 bits per heavy atom. The largest absolute Gasteiger partial charge is 0.493 e. The minimum atomic E-state index is -3.87. The van der Waals surface area contributed by atoms with Crippen molar-refractivity contribution in [1.29, 1.82) is 0 Å². The summed E-state index contributed by atoms with van der Waals surface area (Å²) in [6.07, 6.45) is 0. The number of sulfonamides is 1. The zero-order valence-electron chi connectivity index (χ0n) is 18.1. The van der Waals surface area contributed by atoms with Crippen molar-refractivity contribution in [3.63, 3.8) is 0 Å². The van der Waals surface area contributed by atoms with Gasteiger partial charge in [0.15, 0.2) is 11.5 Å². The summed E-state index contributed by atoms with van der Waals surface area (Å²) in [5.41, 5.74) is 1.50. The van der Waals surface area contributed by atoms with Gasteiger partial charge >= 0.3 is 0 Å². The minimum absolute atomic E-state index is 0.0457. The molecule has 0 aliphatic rings. The van der Waals surface area contributed by atoms with Crippen LogP contribution in [0.1, 0.15) is 15.9 Å². The lowest BCUT2D eigenvalue weighted by molar-refractivity contribution is 0.0951. The molecule has 0 aliphatic carbocycles. The Kier molecular flexibility index (Phi) is 7.73. The number of nitrogens with one attached hydrogen (secondary N) is 1. The van der Waals surface area contributed by atoms with Crippen molar-refractivity contribution in [2.75, 3.05) is 25.6 Å². The molecule has 0 aromatic heterocycles. The third-order valence-corrected chi connectivity index (χ3v) is 7.33. The number of hydrogen-bond donors (Lipinski definition) is 1. The predicted molar refractivity (Wildman–Crippen MR) is 129 cm³/mol. The third kappa shape index (κ3) is 5.52. The summed E-state index contributed by atoms with van der Waals surface area (Å²) in [4.78, 5) is 12.5. The number of ether oxygens (including phenoxy) is 2. The summed E-state index contributed by atoms with van der Waals surface area (Å²) in [6.45, 7) is 0.226. The van der Waals surface area contributed by atoms with Gasteiger partial charge < -0.3 is 14.8 Å². The molecular weight excluding hydrogens is 487 g/mol. The monoisotopic (exact) mass is 508 g/mol. The highest BCUT2D eigenvalue weighted by Crippen LogP contribution is 2.31. The van der Waals surface area contributed by atoms with E-state index in [4.69, 9.17) is 32.7 Å². The van der Waals surface area contributed by atoms with Crippen molar-refractivity contribution < 1.29 is 22.7 Å². The van der Waals surface area contributed by atoms with Crippen LogP contribution in [0.25, 0.3) is 0 Å². The van der Waals surface area contributed by atoms with Crippen LogP contribution >= 0.6 is 23.2 Å². The molecule has 0 saturated carbocycles. The fraction of sp³-hybridized carbons (Fsp3) is 0.174. The topological polar surface area (TPSA) is 84.9 Å². The van der Waals surface area contributed by atoms with E-state index in [-0.39, 0.29) is 17.3 Å². The van der Waals surface area contributed by atoms with Crippen LogP contribution in [0.5, 0.6) is 11.5 Å². The zero-order chi connectivity index (χ0) is 24.2. The van der Waals surface area contributed by atoms with E-state index in [0.29, 0.717) is 32.8 Å². The normalized spacial score (nSPS) is 11.1. The quantitative estimate of drug-likeness (QED) is 0.473. The highest BCUT2D eigenvalue weighted by atomic mass is 35.5. The van der Waals surface area contributed by atoms with Crippen molar-refractivity contribution in [3.8, 4) is 11.5 Å². The Morgan fingerprint density at radius 2 is 1.61 bits per heavy atom. The molecule has 3 aromatic carbocycles. The zero-order valence-corrected chi connectivity index (χ0v) is 20.5. The molecule has 7 nitrogen and oxygen atoms in total. The lowest BCUT2D eigenvalue weighted by Crippen LogP contribution is -2.27. The molecule has 0 fully saturated rings. The Balaban J connectivity index is 1.74. The van der Waals surface area contributed by atoms with Gasteiger partial charge in [-0.05, 0) is 54.1 Å². The summed E-state index contributed by atoms with van der Waals surface area (Å²) in [5.74, 6) is 0.409. The molecule has 33 heavy (non-hydrogen) atoms. The Bertz CT molecular complexity index is 1260. The molecule has 3 rings (SSSR count). The molecule has 10 heteroatoms. The smallest absolute Gasteiger partial charge is 0.264 e. The maximum absolute atomic E-state index is 13.1. The van der Waals surface area contributed by atoms with Gasteiger partial charge in [-0.1, -0.05) is 29.3 Å². The van der Waals surface area contributed by atoms with Crippen LogP contribution in [-0.4, -0.2) is 35.6 Å². The summed E-state index contributed by atoms with van der Waals surface area (Å²) >= 11 is 12.0. The fourth-order valence-corrected chi connectivity index (χ4v) is 4.73. The molecule has 1 N–H and O–H groups in total. The maximum atomic E-state index is 13.1. The second-order valence-electron chi connectivity index (χ2n) is 6.95. The standard InChI is InChI=1S/C23H22Cl2N2O5S/c1-27(33(29,30)19-10-11-21(31-2)22(13-19)32-3)18-8-5-15(6-9-18)23(28)26-14-16-4-7-17(24)12-20(16)25/h4-13H,14H2,1-3H3,(H,26,28). The number of benzene rings is 3. The number of amides is 1. The van der Waals surface area contributed by atoms with Gasteiger partial charge in [0.25, 0.3) is 15.9 Å². The highest BCUT2D eigenvalue weighted by molar-refractivity contribution is 7.92. The van der Waals surface area contributed by atoms with E-state index >= 15 is 0 Å². The van der Waals surface area contributed by atoms with Crippen LogP contribution in [-0.2, 0) is 16.6 Å². The van der Waals surface area contributed by atoms with Gasteiger partial charge in [-0.3, -0.25) is 9.10 Å². The van der Waals surface area contributed by atoms with E-state index in [9.17, 15) is 13.2 Å². The minimum Gasteiger partial charge on any atom is -0.493 e. The van der Waals surface area contributed by atoms with Gasteiger partial charge in [-0.25, -0.2) is 8.42 Å². The second kappa shape index (κ2) is 10.3. The summed E-state index contributed by atoms with van der Waals surface area (Å²) in [6, 6.07) is 15.6. The molecule has 1 amide bonds. The number of rotatable bonds is 8. The molecular formula is C23H22Cl2N2O5S. The van der Waals surface area contributed by atoms with Gasteiger partial charge in [0, 0.05) is 35.3 Å². The van der Waals surface area contributed by atoms with E-state index < -0.39 is 10.0 Å². The van der Waals surface area contributed by atoms with Crippen molar-refractivity contribution in [2.24, 2.45) is 0 Å². The molecule has 0 spiro atoms. The van der Waals surface area contributed by atoms with Crippen LogP contribution in [0.2, 0.25) is 10.0 Å². The van der Waals surface area contributed by atoms with Crippen LogP contribution < -0.4 is 19.1 Å². The van der Waals surface area contributed by atoms with Crippen LogP contribution in [0.3, 0.4) is 0 Å². The molecule has 174 valence electrons. The first kappa shape index (κ1) is 24.7. The molecule has 0 radical (unpaired) electrons. The summed E-state index contributed by atoms with van der Waals surface area (Å²) < 4.78 is 37.6. The van der Waals surface area contributed by atoms with E-state index in [0.717, 1.165) is 9.87 Å². The first-order valence-electron chi connectivity index (χ1n) is 9.70. The molecule has 0 unspecified atom stereocenters. The lowest BCUT2D eigenvalue weighted by atomic mass is 10.1. The number of carbonyl (C=O) groups is 1. The number of methoxy groups -OCH3 is 2. The number of hydrogen-bond acceptors (Lipinski definition) is 5. The van der Waals surface area contributed by atoms with Crippen LogP contribution in [0, 0.1) is 0 Å². The van der Waals surface area contributed by atoms with Crippen molar-refractivity contribution >= 4 is 44.8 Å². The molecule has 0 saturated heterocycles. The van der Waals surface area contributed by atoms with Gasteiger partial charge in [0.2, 0.25) is 0 Å². The van der Waals surface area contributed by atoms with E-state index in [2.05, 4.69) is 5.32 Å². The Labute approximate surface area is 202 Å². The molecule has 0 bridgehead atoms.